The number of aromatic nitrogens is 4. The first kappa shape index (κ1) is 20.0. The van der Waals surface area contributed by atoms with Gasteiger partial charge in [0.2, 0.25) is 21.9 Å². The summed E-state index contributed by atoms with van der Waals surface area (Å²) in [4.78, 5) is 12.8. The molecule has 0 amide bonds. The molecule has 10 nitrogen and oxygen atoms in total. The molecule has 0 spiro atoms. The van der Waals surface area contributed by atoms with Crippen LogP contribution in [0, 0.1) is 0 Å². The number of sulfonamides is 1. The Labute approximate surface area is 185 Å². The molecule has 0 saturated heterocycles. The van der Waals surface area contributed by atoms with Gasteiger partial charge in [0.15, 0.2) is 0 Å². The van der Waals surface area contributed by atoms with E-state index in [1.807, 2.05) is 18.2 Å². The lowest BCUT2D eigenvalue weighted by Gasteiger charge is -2.33. The molecule has 3 N–H and O–H groups in total. The molecule has 0 saturated carbocycles. The average Bonchev–Trinajstić information content (AvgIpc) is 3.44. The molecule has 3 aromatic heterocycles. The van der Waals surface area contributed by atoms with Gasteiger partial charge >= 0.3 is 0 Å². The Morgan fingerprint density at radius 3 is 2.84 bits per heavy atom. The fourth-order valence-corrected chi connectivity index (χ4v) is 6.50. The van der Waals surface area contributed by atoms with Gasteiger partial charge in [0.25, 0.3) is 5.89 Å². The molecule has 160 valence electrons. The zero-order valence-electron chi connectivity index (χ0n) is 16.3. The average molecular weight is 478 g/mol. The minimum Gasteiger partial charge on any atom is -0.415 e. The summed E-state index contributed by atoms with van der Waals surface area (Å²) in [5.41, 5.74) is 7.15. The van der Waals surface area contributed by atoms with Crippen LogP contribution in [0.2, 0.25) is 5.02 Å². The number of rotatable bonds is 3. The monoisotopic (exact) mass is 477 g/mol. The van der Waals surface area contributed by atoms with E-state index in [0.29, 0.717) is 20.7 Å². The van der Waals surface area contributed by atoms with Crippen molar-refractivity contribution in [1.29, 1.82) is 0 Å². The molecular weight excluding hydrogens is 462 g/mol. The summed E-state index contributed by atoms with van der Waals surface area (Å²) in [6.07, 6.45) is 1.61. The summed E-state index contributed by atoms with van der Waals surface area (Å²) in [6.45, 7) is 1.69. The number of hydrogen-bond donors (Lipinski definition) is 2. The normalized spacial score (nSPS) is 20.9. The van der Waals surface area contributed by atoms with Gasteiger partial charge in [-0.3, -0.25) is 0 Å². The van der Waals surface area contributed by atoms with Crippen LogP contribution in [0.25, 0.3) is 33.3 Å². The third-order valence-electron chi connectivity index (χ3n) is 5.04. The van der Waals surface area contributed by atoms with Crippen LogP contribution in [-0.2, 0) is 15.6 Å². The molecular formula is C18H16ClN7O3S2. The van der Waals surface area contributed by atoms with E-state index in [1.54, 1.807) is 19.3 Å². The molecule has 4 aromatic rings. The number of thiophene rings is 1. The van der Waals surface area contributed by atoms with E-state index >= 15 is 0 Å². The molecule has 1 aliphatic heterocycles. The zero-order valence-corrected chi connectivity index (χ0v) is 18.7. The summed E-state index contributed by atoms with van der Waals surface area (Å²) in [6, 6.07) is 7.23. The molecule has 0 radical (unpaired) electrons. The van der Waals surface area contributed by atoms with Crippen LogP contribution < -0.4 is 5.73 Å². The molecule has 1 aliphatic rings. The van der Waals surface area contributed by atoms with Crippen molar-refractivity contribution in [2.24, 2.45) is 10.7 Å². The van der Waals surface area contributed by atoms with Crippen LogP contribution in [0.15, 0.2) is 40.0 Å². The first-order valence-corrected chi connectivity index (χ1v) is 11.9. The standard InChI is InChI=1S/C18H16ClN7O3S2/c1-18(7-31(27,28)26(2)17(20)23-18)14-10(19)6-13(30-14)16-25-24-15(29-16)9-3-4-11-12(5-9)22-8-21-11/h3-6,8H,7H2,1-2H3,(H2,20,23)(H,21,22)/t18-/m0/s1. The van der Waals surface area contributed by atoms with E-state index in [1.165, 1.54) is 18.4 Å². The Morgan fingerprint density at radius 1 is 1.29 bits per heavy atom. The molecule has 1 aromatic carbocycles. The van der Waals surface area contributed by atoms with Crippen molar-refractivity contribution in [2.45, 2.75) is 12.5 Å². The van der Waals surface area contributed by atoms with Crippen molar-refractivity contribution in [3.63, 3.8) is 0 Å². The van der Waals surface area contributed by atoms with E-state index in [4.69, 9.17) is 21.8 Å². The Morgan fingerprint density at radius 2 is 2.06 bits per heavy atom. The van der Waals surface area contributed by atoms with Gasteiger partial charge in [-0.15, -0.1) is 21.5 Å². The number of H-pyrrole nitrogens is 1. The molecule has 13 heteroatoms. The van der Waals surface area contributed by atoms with Gasteiger partial charge in [0.1, 0.15) is 5.54 Å². The number of guanidine groups is 1. The van der Waals surface area contributed by atoms with Gasteiger partial charge in [-0.2, -0.15) is 0 Å². The van der Waals surface area contributed by atoms with Gasteiger partial charge in [-0.1, -0.05) is 11.6 Å². The molecule has 5 rings (SSSR count). The molecule has 31 heavy (non-hydrogen) atoms. The maximum Gasteiger partial charge on any atom is 0.258 e. The molecule has 0 fully saturated rings. The van der Waals surface area contributed by atoms with Gasteiger partial charge in [0, 0.05) is 12.6 Å². The topological polar surface area (TPSA) is 143 Å². The SMILES string of the molecule is CN1C(N)=N[C@](C)(c2sc(-c3nnc(-c4ccc5nc[nH]c5c4)o3)cc2Cl)CS1(=O)=O. The number of benzene rings is 1. The van der Waals surface area contributed by atoms with Crippen LogP contribution in [0.3, 0.4) is 0 Å². The second-order valence-electron chi connectivity index (χ2n) is 7.30. The highest BCUT2D eigenvalue weighted by Crippen LogP contribution is 2.44. The Hall–Kier alpha value is -2.96. The lowest BCUT2D eigenvalue weighted by Crippen LogP contribution is -2.50. The molecule has 4 heterocycles. The lowest BCUT2D eigenvalue weighted by molar-refractivity contribution is 0.482. The van der Waals surface area contributed by atoms with E-state index in [-0.39, 0.29) is 17.6 Å². The second-order valence-corrected chi connectivity index (χ2v) is 10.8. The first-order chi connectivity index (χ1) is 14.7. The van der Waals surface area contributed by atoms with Crippen LogP contribution >= 0.6 is 22.9 Å². The van der Waals surface area contributed by atoms with Crippen molar-refractivity contribution < 1.29 is 12.8 Å². The highest BCUT2D eigenvalue weighted by molar-refractivity contribution is 7.89. The van der Waals surface area contributed by atoms with Crippen LogP contribution in [0.4, 0.5) is 0 Å². The fourth-order valence-electron chi connectivity index (χ4n) is 3.42. The molecule has 1 atom stereocenters. The van der Waals surface area contributed by atoms with Gasteiger partial charge in [0.05, 0.1) is 37.9 Å². The smallest absolute Gasteiger partial charge is 0.258 e. The van der Waals surface area contributed by atoms with E-state index in [2.05, 4.69) is 25.2 Å². The number of nitrogens with zero attached hydrogens (tertiary/aromatic N) is 5. The van der Waals surface area contributed by atoms with Crippen molar-refractivity contribution in [3.05, 3.63) is 40.5 Å². The van der Waals surface area contributed by atoms with Crippen LogP contribution in [0.5, 0.6) is 0 Å². The maximum absolute atomic E-state index is 12.5. The summed E-state index contributed by atoms with van der Waals surface area (Å²) >= 11 is 7.71. The van der Waals surface area contributed by atoms with Crippen molar-refractivity contribution in [2.75, 3.05) is 12.8 Å². The number of hydrogen-bond acceptors (Lipinski definition) is 9. The van der Waals surface area contributed by atoms with E-state index < -0.39 is 15.6 Å². The van der Waals surface area contributed by atoms with Crippen LogP contribution in [0.1, 0.15) is 11.8 Å². The quantitative estimate of drug-likeness (QED) is 0.461. The highest BCUT2D eigenvalue weighted by atomic mass is 35.5. The van der Waals surface area contributed by atoms with E-state index in [0.717, 1.165) is 20.9 Å². The number of nitrogens with two attached hydrogens (primary N) is 1. The predicted molar refractivity (Wildman–Crippen MR) is 118 cm³/mol. The predicted octanol–water partition coefficient (Wildman–Crippen LogP) is 2.80. The third-order valence-corrected chi connectivity index (χ3v) is 8.78. The highest BCUT2D eigenvalue weighted by Gasteiger charge is 2.42. The summed E-state index contributed by atoms with van der Waals surface area (Å²) in [5, 5.41) is 8.62. The van der Waals surface area contributed by atoms with Gasteiger partial charge in [-0.05, 0) is 31.2 Å². The van der Waals surface area contributed by atoms with E-state index in [9.17, 15) is 8.42 Å². The number of aliphatic imine (C=N–C) groups is 1. The number of nitrogens with one attached hydrogen (secondary N) is 1. The Kier molecular flexibility index (Phi) is 4.36. The number of aromatic amines is 1. The van der Waals surface area contributed by atoms with Crippen molar-refractivity contribution >= 4 is 50.0 Å². The number of fused-ring (bicyclic) bond motifs is 1. The molecule has 0 bridgehead atoms. The Balaban J connectivity index is 1.52. The first-order valence-electron chi connectivity index (χ1n) is 9.05. The second kappa shape index (κ2) is 6.77. The largest absolute Gasteiger partial charge is 0.415 e. The fraction of sp³-hybridized carbons (Fsp3) is 0.222. The lowest BCUT2D eigenvalue weighted by atomic mass is 10.0. The zero-order chi connectivity index (χ0) is 22.0. The van der Waals surface area contributed by atoms with Gasteiger partial charge in [-0.25, -0.2) is 22.7 Å². The number of halogens is 1. The summed E-state index contributed by atoms with van der Waals surface area (Å²) in [7, 11) is -2.25. The number of imidazole rings is 1. The molecule has 0 unspecified atom stereocenters. The van der Waals surface area contributed by atoms with Crippen molar-refractivity contribution in [3.8, 4) is 22.2 Å². The third kappa shape index (κ3) is 3.27. The summed E-state index contributed by atoms with van der Waals surface area (Å²) in [5.74, 6) is 0.270. The minimum atomic E-state index is -3.62. The van der Waals surface area contributed by atoms with Gasteiger partial charge < -0.3 is 15.1 Å². The Bertz CT molecular complexity index is 1460. The minimum absolute atomic E-state index is 0.0889. The molecule has 0 aliphatic carbocycles. The van der Waals surface area contributed by atoms with Crippen molar-refractivity contribution in [1.82, 2.24) is 24.5 Å². The maximum atomic E-state index is 12.5. The van der Waals surface area contributed by atoms with Crippen LogP contribution in [-0.4, -0.2) is 51.6 Å². The summed E-state index contributed by atoms with van der Waals surface area (Å²) < 4.78 is 31.8.